The van der Waals surface area contributed by atoms with Crippen LogP contribution in [0.3, 0.4) is 0 Å². The Morgan fingerprint density at radius 3 is 1.55 bits per heavy atom. The summed E-state index contributed by atoms with van der Waals surface area (Å²) in [6, 6.07) is 0. The van der Waals surface area contributed by atoms with E-state index >= 15 is 0 Å². The van der Waals surface area contributed by atoms with E-state index in [0.29, 0.717) is 0 Å². The summed E-state index contributed by atoms with van der Waals surface area (Å²) in [7, 11) is 0. The first-order valence-electron chi connectivity index (χ1n) is 5.16. The fraction of sp³-hybridized carbons (Fsp3) is 0.778. The van der Waals surface area contributed by atoms with E-state index in [4.69, 9.17) is 0 Å². The van der Waals surface area contributed by atoms with Gasteiger partial charge in [-0.1, -0.05) is 0 Å². The zero-order valence-corrected chi connectivity index (χ0v) is 9.97. The molecule has 1 unspecified atom stereocenters. The number of hydrogen-bond acceptors (Lipinski definition) is 2. The molecule has 0 spiro atoms. The van der Waals surface area contributed by atoms with Crippen molar-refractivity contribution < 1.29 is 57.8 Å². The average molecular weight is 354 g/mol. The van der Waals surface area contributed by atoms with Crippen LogP contribution in [0.15, 0.2) is 11.3 Å². The monoisotopic (exact) mass is 354 g/mol. The SMILES string of the molecule is FC(F)(F)C(=C(OCC1CO1)C(F)(F)C(F)(F)F)C(F)(F)F. The molecule has 13 heteroatoms. The first-order chi connectivity index (χ1) is 9.58. The van der Waals surface area contributed by atoms with Gasteiger partial charge in [0.25, 0.3) is 0 Å². The number of allylic oxidation sites excluding steroid dienone is 2. The molecule has 0 aromatic carbocycles. The van der Waals surface area contributed by atoms with Gasteiger partial charge in [0.05, 0.1) is 6.61 Å². The molecule has 0 aromatic heterocycles. The van der Waals surface area contributed by atoms with Crippen molar-refractivity contribution in [3.63, 3.8) is 0 Å². The van der Waals surface area contributed by atoms with E-state index in [2.05, 4.69) is 9.47 Å². The molecule has 0 amide bonds. The van der Waals surface area contributed by atoms with Crippen LogP contribution in [-0.2, 0) is 9.47 Å². The molecule has 1 heterocycles. The molecule has 1 atom stereocenters. The van der Waals surface area contributed by atoms with Crippen LogP contribution in [0.25, 0.3) is 0 Å². The number of ether oxygens (including phenoxy) is 2. The maximum Gasteiger partial charge on any atom is 0.461 e. The molecular weight excluding hydrogens is 349 g/mol. The largest absolute Gasteiger partial charge is 0.488 e. The van der Waals surface area contributed by atoms with Crippen molar-refractivity contribution in [2.24, 2.45) is 0 Å². The average Bonchev–Trinajstić information content (AvgIpc) is 3.01. The quantitative estimate of drug-likeness (QED) is 0.433. The number of epoxide rings is 1. The van der Waals surface area contributed by atoms with Crippen molar-refractivity contribution in [2.75, 3.05) is 13.2 Å². The smallest absolute Gasteiger partial charge is 0.461 e. The standard InChI is InChI=1S/C9H5F11O2/c10-6(11,9(18,19)20)5(22-2-3-1-21-3)4(7(12,13)14)8(15,16)17/h3H,1-2H2. The molecule has 1 saturated heterocycles. The Morgan fingerprint density at radius 1 is 0.864 bits per heavy atom. The van der Waals surface area contributed by atoms with Crippen LogP contribution in [-0.4, -0.2) is 43.8 Å². The molecule has 0 N–H and O–H groups in total. The van der Waals surface area contributed by atoms with Crippen molar-refractivity contribution in [2.45, 2.75) is 30.6 Å². The fourth-order valence-electron chi connectivity index (χ4n) is 1.21. The summed E-state index contributed by atoms with van der Waals surface area (Å²) in [5.41, 5.74) is -4.05. The van der Waals surface area contributed by atoms with E-state index < -0.39 is 48.5 Å². The Morgan fingerprint density at radius 2 is 1.27 bits per heavy atom. The van der Waals surface area contributed by atoms with E-state index in [1.54, 1.807) is 0 Å². The minimum atomic E-state index is -6.71. The molecule has 0 saturated carbocycles. The minimum Gasteiger partial charge on any atom is -0.488 e. The lowest BCUT2D eigenvalue weighted by Gasteiger charge is -2.27. The molecule has 1 rings (SSSR count). The Labute approximate surface area is 114 Å². The van der Waals surface area contributed by atoms with Crippen molar-refractivity contribution in [3.8, 4) is 0 Å². The van der Waals surface area contributed by atoms with Crippen LogP contribution in [0.2, 0.25) is 0 Å². The van der Waals surface area contributed by atoms with Gasteiger partial charge in [0.1, 0.15) is 12.7 Å². The summed E-state index contributed by atoms with van der Waals surface area (Å²) < 4.78 is 144. The van der Waals surface area contributed by atoms with Crippen LogP contribution >= 0.6 is 0 Å². The van der Waals surface area contributed by atoms with E-state index in [9.17, 15) is 48.3 Å². The van der Waals surface area contributed by atoms with Gasteiger partial charge >= 0.3 is 24.5 Å². The van der Waals surface area contributed by atoms with Gasteiger partial charge in [-0.2, -0.15) is 48.3 Å². The molecule has 1 aliphatic heterocycles. The molecule has 22 heavy (non-hydrogen) atoms. The fourth-order valence-corrected chi connectivity index (χ4v) is 1.21. The van der Waals surface area contributed by atoms with Gasteiger partial charge in [-0.15, -0.1) is 0 Å². The summed E-state index contributed by atoms with van der Waals surface area (Å²) in [6.07, 6.45) is -20.9. The third-order valence-corrected chi connectivity index (χ3v) is 2.25. The van der Waals surface area contributed by atoms with Crippen molar-refractivity contribution in [1.82, 2.24) is 0 Å². The second-order valence-corrected chi connectivity index (χ2v) is 4.04. The number of rotatable bonds is 4. The van der Waals surface area contributed by atoms with Crippen LogP contribution in [0, 0.1) is 0 Å². The molecule has 0 radical (unpaired) electrons. The lowest BCUT2D eigenvalue weighted by molar-refractivity contribution is -0.282. The van der Waals surface area contributed by atoms with E-state index in [-0.39, 0.29) is 6.61 Å². The van der Waals surface area contributed by atoms with Crippen LogP contribution < -0.4 is 0 Å². The second kappa shape index (κ2) is 5.42. The molecule has 1 fully saturated rings. The zero-order valence-electron chi connectivity index (χ0n) is 9.97. The van der Waals surface area contributed by atoms with E-state index in [1.165, 1.54) is 0 Å². The summed E-state index contributed by atoms with van der Waals surface area (Å²) in [5.74, 6) is -10.0. The lowest BCUT2D eigenvalue weighted by atomic mass is 10.1. The predicted octanol–water partition coefficient (Wildman–Crippen LogP) is 3.98. The van der Waals surface area contributed by atoms with Crippen LogP contribution in [0.4, 0.5) is 48.3 Å². The molecule has 0 aromatic rings. The highest BCUT2D eigenvalue weighted by atomic mass is 19.4. The van der Waals surface area contributed by atoms with Crippen LogP contribution in [0.5, 0.6) is 0 Å². The third-order valence-electron chi connectivity index (χ3n) is 2.25. The van der Waals surface area contributed by atoms with Gasteiger partial charge in [0.2, 0.25) is 0 Å². The topological polar surface area (TPSA) is 21.8 Å². The highest BCUT2D eigenvalue weighted by molar-refractivity contribution is 5.26. The van der Waals surface area contributed by atoms with Gasteiger partial charge in [0, 0.05) is 0 Å². The normalized spacial score (nSPS) is 19.9. The first-order valence-corrected chi connectivity index (χ1v) is 5.16. The molecule has 1 aliphatic rings. The second-order valence-electron chi connectivity index (χ2n) is 4.04. The first kappa shape index (κ1) is 18.8. The van der Waals surface area contributed by atoms with Crippen LogP contribution in [0.1, 0.15) is 0 Å². The maximum absolute atomic E-state index is 13.0. The number of hydrogen-bond donors (Lipinski definition) is 0. The Kier molecular flexibility index (Phi) is 4.63. The third kappa shape index (κ3) is 4.14. The summed E-state index contributed by atoms with van der Waals surface area (Å²) in [4.78, 5) is 0. The molecule has 0 aliphatic carbocycles. The Hall–Kier alpha value is -1.27. The van der Waals surface area contributed by atoms with Gasteiger partial charge in [-0.05, 0) is 0 Å². The van der Waals surface area contributed by atoms with Gasteiger partial charge in [0.15, 0.2) is 11.3 Å². The van der Waals surface area contributed by atoms with Gasteiger partial charge in [-0.25, -0.2) is 0 Å². The minimum absolute atomic E-state index is 0.252. The Bertz CT molecular complexity index is 422. The number of halogens is 11. The summed E-state index contributed by atoms with van der Waals surface area (Å²) in [6.45, 7) is -1.56. The van der Waals surface area contributed by atoms with E-state index in [1.807, 2.05) is 0 Å². The summed E-state index contributed by atoms with van der Waals surface area (Å²) in [5, 5.41) is 0. The number of alkyl halides is 11. The van der Waals surface area contributed by atoms with Crippen molar-refractivity contribution in [3.05, 3.63) is 11.3 Å². The molecule has 130 valence electrons. The highest BCUT2D eigenvalue weighted by Gasteiger charge is 2.67. The van der Waals surface area contributed by atoms with Gasteiger partial charge in [-0.3, -0.25) is 0 Å². The maximum atomic E-state index is 13.0. The highest BCUT2D eigenvalue weighted by Crippen LogP contribution is 2.49. The van der Waals surface area contributed by atoms with E-state index in [0.717, 1.165) is 0 Å². The van der Waals surface area contributed by atoms with Crippen molar-refractivity contribution in [1.29, 1.82) is 0 Å². The van der Waals surface area contributed by atoms with Gasteiger partial charge < -0.3 is 9.47 Å². The summed E-state index contributed by atoms with van der Waals surface area (Å²) >= 11 is 0. The lowest BCUT2D eigenvalue weighted by Crippen LogP contribution is -2.43. The van der Waals surface area contributed by atoms with Crippen molar-refractivity contribution >= 4 is 0 Å². The molecule has 0 bridgehead atoms. The molecular formula is C9H5F11O2. The predicted molar refractivity (Wildman–Crippen MR) is 45.8 cm³/mol. The molecule has 2 nitrogen and oxygen atoms in total. The Balaban J connectivity index is 3.46. The zero-order chi connectivity index (χ0) is 17.6.